The van der Waals surface area contributed by atoms with E-state index in [1.165, 1.54) is 0 Å². The van der Waals surface area contributed by atoms with Gasteiger partial charge in [0, 0.05) is 25.3 Å². The fourth-order valence-electron chi connectivity index (χ4n) is 4.82. The summed E-state index contributed by atoms with van der Waals surface area (Å²) >= 11 is 0. The molecule has 0 radical (unpaired) electrons. The van der Waals surface area contributed by atoms with Crippen molar-refractivity contribution < 1.29 is 5.11 Å². The van der Waals surface area contributed by atoms with Crippen LogP contribution in [0.5, 0.6) is 0 Å². The fraction of sp³-hybridized carbons (Fsp3) is 0.720. The molecule has 32 heavy (non-hydrogen) atoms. The predicted molar refractivity (Wildman–Crippen MR) is 133 cm³/mol. The number of rotatable bonds is 8. The van der Waals surface area contributed by atoms with Gasteiger partial charge in [0.1, 0.15) is 5.84 Å². The van der Waals surface area contributed by atoms with Crippen LogP contribution >= 0.6 is 0 Å². The molecule has 7 heteroatoms. The van der Waals surface area contributed by atoms with E-state index in [1.807, 2.05) is 13.2 Å². The van der Waals surface area contributed by atoms with Crippen LogP contribution in [0.4, 0.5) is 5.95 Å². The summed E-state index contributed by atoms with van der Waals surface area (Å²) in [5.74, 6) is 1.82. The molecule has 1 aliphatic heterocycles. The molecular weight excluding hydrogens is 400 g/mol. The molecule has 2 aliphatic rings. The highest BCUT2D eigenvalue weighted by molar-refractivity contribution is 6.02. The van der Waals surface area contributed by atoms with Gasteiger partial charge in [-0.15, -0.1) is 0 Å². The molecule has 1 atom stereocenters. The van der Waals surface area contributed by atoms with Gasteiger partial charge in [0.15, 0.2) is 0 Å². The molecule has 3 rings (SSSR count). The molecule has 0 spiro atoms. The Morgan fingerprint density at radius 2 is 1.94 bits per heavy atom. The first-order valence-corrected chi connectivity index (χ1v) is 12.3. The number of anilines is 1. The van der Waals surface area contributed by atoms with E-state index >= 15 is 0 Å². The third-order valence-electron chi connectivity index (χ3n) is 6.92. The lowest BCUT2D eigenvalue weighted by Crippen LogP contribution is -2.44. The van der Waals surface area contributed by atoms with Gasteiger partial charge in [-0.1, -0.05) is 19.9 Å². The zero-order valence-electron chi connectivity index (χ0n) is 20.4. The number of aliphatic hydroxyl groups is 1. The van der Waals surface area contributed by atoms with Crippen LogP contribution in [0.2, 0.25) is 0 Å². The summed E-state index contributed by atoms with van der Waals surface area (Å²) in [4.78, 5) is 16.6. The molecule has 1 saturated carbocycles. The van der Waals surface area contributed by atoms with Crippen LogP contribution in [-0.2, 0) is 0 Å². The summed E-state index contributed by atoms with van der Waals surface area (Å²) < 4.78 is 0. The number of aliphatic imine (C=N–C) groups is 1. The monoisotopic (exact) mass is 442 g/mol. The number of nitrogens with zero attached hydrogens (tertiary/aromatic N) is 4. The normalized spacial score (nSPS) is 24.2. The zero-order valence-corrected chi connectivity index (χ0v) is 20.4. The van der Waals surface area contributed by atoms with Gasteiger partial charge in [0.25, 0.3) is 0 Å². The maximum Gasteiger partial charge on any atom is 0.223 e. The second-order valence-electron chi connectivity index (χ2n) is 9.61. The van der Waals surface area contributed by atoms with Crippen molar-refractivity contribution in [2.24, 2.45) is 10.9 Å². The van der Waals surface area contributed by atoms with Gasteiger partial charge in [-0.3, -0.25) is 4.99 Å². The smallest absolute Gasteiger partial charge is 0.223 e. The van der Waals surface area contributed by atoms with Crippen LogP contribution < -0.4 is 10.6 Å². The Morgan fingerprint density at radius 1 is 1.25 bits per heavy atom. The highest BCUT2D eigenvalue weighted by atomic mass is 16.3. The average molecular weight is 443 g/mol. The third kappa shape index (κ3) is 6.51. The van der Waals surface area contributed by atoms with Crippen LogP contribution in [0.3, 0.4) is 0 Å². The SMILES string of the molecule is C=C(c1nc(NC(C)CCC)ncc1/C(=N\C)NC1CCN(C)CC1)[C@H]1CC[C@H](O)CC1. The van der Waals surface area contributed by atoms with Crippen LogP contribution in [0.15, 0.2) is 17.8 Å². The number of nitrogens with one attached hydrogen (secondary N) is 2. The number of likely N-dealkylation sites (tertiary alicyclic amines) is 1. The molecule has 0 aromatic carbocycles. The van der Waals surface area contributed by atoms with Gasteiger partial charge in [-0.2, -0.15) is 0 Å². The van der Waals surface area contributed by atoms with Crippen molar-refractivity contribution in [3.63, 3.8) is 0 Å². The fourth-order valence-corrected chi connectivity index (χ4v) is 4.82. The number of amidine groups is 1. The highest BCUT2D eigenvalue weighted by Gasteiger charge is 2.27. The van der Waals surface area contributed by atoms with Gasteiger partial charge in [0.2, 0.25) is 5.95 Å². The first-order chi connectivity index (χ1) is 15.4. The van der Waals surface area contributed by atoms with Crippen molar-refractivity contribution in [3.8, 4) is 0 Å². The second-order valence-corrected chi connectivity index (χ2v) is 9.61. The van der Waals surface area contributed by atoms with E-state index in [1.54, 1.807) is 0 Å². The first-order valence-electron chi connectivity index (χ1n) is 12.3. The maximum atomic E-state index is 9.96. The standard InChI is InChI=1S/C25H42N6O/c1-6-7-17(2)28-25-27-16-22(24(26-4)29-20-12-14-31(5)15-13-20)23(30-25)18(3)19-8-10-21(32)11-9-19/h16-17,19-21,32H,3,6-15H2,1-2,4-5H3,(H,26,29)(H,27,28,30)/t17?,19-,21-. The van der Waals surface area contributed by atoms with E-state index in [0.29, 0.717) is 23.9 Å². The lowest BCUT2D eigenvalue weighted by molar-refractivity contribution is 0.119. The van der Waals surface area contributed by atoms with Crippen LogP contribution in [0, 0.1) is 5.92 Å². The van der Waals surface area contributed by atoms with Crippen molar-refractivity contribution in [3.05, 3.63) is 24.0 Å². The molecule has 1 aromatic heterocycles. The number of piperidine rings is 1. The van der Waals surface area contributed by atoms with Crippen LogP contribution in [-0.4, -0.2) is 71.2 Å². The Bertz CT molecular complexity index is 779. The van der Waals surface area contributed by atoms with Gasteiger partial charge in [0.05, 0.1) is 17.4 Å². The molecule has 1 aromatic rings. The largest absolute Gasteiger partial charge is 0.393 e. The van der Waals surface area contributed by atoms with E-state index in [-0.39, 0.29) is 6.10 Å². The number of allylic oxidation sites excluding steroid dienone is 1. The Morgan fingerprint density at radius 3 is 2.56 bits per heavy atom. The van der Waals surface area contributed by atoms with Crippen molar-refractivity contribution in [1.82, 2.24) is 20.2 Å². The molecule has 2 heterocycles. The zero-order chi connectivity index (χ0) is 23.1. The van der Waals surface area contributed by atoms with Gasteiger partial charge < -0.3 is 20.6 Å². The lowest BCUT2D eigenvalue weighted by Gasteiger charge is -2.31. The predicted octanol–water partition coefficient (Wildman–Crippen LogP) is 3.70. The summed E-state index contributed by atoms with van der Waals surface area (Å²) in [5, 5.41) is 17.1. The van der Waals surface area contributed by atoms with Crippen molar-refractivity contribution in [1.29, 1.82) is 0 Å². The second kappa shape index (κ2) is 11.8. The molecular formula is C25H42N6O. The van der Waals surface area contributed by atoms with Gasteiger partial charge in [-0.05, 0) is 83.5 Å². The Kier molecular flexibility index (Phi) is 9.05. The molecule has 0 amide bonds. The summed E-state index contributed by atoms with van der Waals surface area (Å²) in [7, 11) is 4.00. The minimum Gasteiger partial charge on any atom is -0.393 e. The van der Waals surface area contributed by atoms with Crippen molar-refractivity contribution >= 4 is 17.4 Å². The highest BCUT2D eigenvalue weighted by Crippen LogP contribution is 2.35. The summed E-state index contributed by atoms with van der Waals surface area (Å²) in [5.41, 5.74) is 2.84. The Labute approximate surface area is 193 Å². The number of hydrogen-bond donors (Lipinski definition) is 3. The summed E-state index contributed by atoms with van der Waals surface area (Å²) in [6.45, 7) is 11.0. The maximum absolute atomic E-state index is 9.96. The molecule has 0 bridgehead atoms. The summed E-state index contributed by atoms with van der Waals surface area (Å²) in [6.07, 6.45) is 9.63. The van der Waals surface area contributed by atoms with Crippen molar-refractivity contribution in [2.75, 3.05) is 32.5 Å². The van der Waals surface area contributed by atoms with E-state index in [0.717, 1.165) is 87.1 Å². The topological polar surface area (TPSA) is 85.7 Å². The van der Waals surface area contributed by atoms with Crippen LogP contribution in [0.25, 0.3) is 5.57 Å². The molecule has 3 N–H and O–H groups in total. The van der Waals surface area contributed by atoms with E-state index < -0.39 is 0 Å². The molecule has 1 unspecified atom stereocenters. The van der Waals surface area contributed by atoms with Crippen molar-refractivity contribution in [2.45, 2.75) is 83.4 Å². The minimum atomic E-state index is -0.185. The Hall–Kier alpha value is -1.99. The minimum absolute atomic E-state index is 0.185. The number of aromatic nitrogens is 2. The average Bonchev–Trinajstić information content (AvgIpc) is 2.79. The molecule has 1 aliphatic carbocycles. The number of hydrogen-bond acceptors (Lipinski definition) is 6. The third-order valence-corrected chi connectivity index (χ3v) is 6.92. The molecule has 7 nitrogen and oxygen atoms in total. The first kappa shape index (κ1) is 24.6. The molecule has 1 saturated heterocycles. The molecule has 178 valence electrons. The van der Waals surface area contributed by atoms with E-state index in [4.69, 9.17) is 4.98 Å². The summed E-state index contributed by atoms with van der Waals surface area (Å²) in [6, 6.07) is 0.715. The van der Waals surface area contributed by atoms with E-state index in [9.17, 15) is 5.11 Å². The van der Waals surface area contributed by atoms with Gasteiger partial charge in [-0.25, -0.2) is 9.97 Å². The molecule has 2 fully saturated rings. The lowest BCUT2D eigenvalue weighted by atomic mass is 9.81. The van der Waals surface area contributed by atoms with E-state index in [2.05, 4.69) is 53.0 Å². The number of aliphatic hydroxyl groups excluding tert-OH is 1. The van der Waals surface area contributed by atoms with Crippen LogP contribution in [0.1, 0.15) is 76.5 Å². The Balaban J connectivity index is 1.86. The quantitative estimate of drug-likeness (QED) is 0.420. The van der Waals surface area contributed by atoms with Gasteiger partial charge >= 0.3 is 0 Å².